The molecule has 44 heavy (non-hydrogen) atoms. The Morgan fingerprint density at radius 3 is 1.70 bits per heavy atom. The van der Waals surface area contributed by atoms with Crippen LogP contribution in [0, 0.1) is 5.92 Å². The van der Waals surface area contributed by atoms with Crippen LogP contribution in [-0.2, 0) is 13.3 Å². The van der Waals surface area contributed by atoms with Crippen molar-refractivity contribution in [1.82, 2.24) is 10.2 Å². The van der Waals surface area contributed by atoms with Crippen LogP contribution in [0.4, 0.5) is 0 Å². The van der Waals surface area contributed by atoms with Gasteiger partial charge in [0.25, 0.3) is 0 Å². The van der Waals surface area contributed by atoms with Crippen LogP contribution in [0.25, 0.3) is 0 Å². The van der Waals surface area contributed by atoms with Gasteiger partial charge in [0.1, 0.15) is 0 Å². The highest BCUT2D eigenvalue weighted by Gasteiger charge is 2.37. The van der Waals surface area contributed by atoms with Crippen molar-refractivity contribution in [3.63, 3.8) is 0 Å². The van der Waals surface area contributed by atoms with Gasteiger partial charge in [-0.25, -0.2) is 4.99 Å². The van der Waals surface area contributed by atoms with E-state index >= 15 is 0 Å². The Morgan fingerprint density at radius 2 is 1.14 bits per heavy atom. The minimum absolute atomic E-state index is 0.456. The first-order valence-electron chi connectivity index (χ1n) is 18.9. The van der Waals surface area contributed by atoms with Gasteiger partial charge >= 0.3 is 8.80 Å². The van der Waals surface area contributed by atoms with E-state index in [1.54, 1.807) is 21.3 Å². The third-order valence-electron chi connectivity index (χ3n) is 11.0. The Bertz CT molecular complexity index is 819. The van der Waals surface area contributed by atoms with Crippen molar-refractivity contribution in [2.45, 2.75) is 178 Å². The number of rotatable bonds is 16. The highest BCUT2D eigenvalue weighted by Crippen LogP contribution is 2.29. The summed E-state index contributed by atoms with van der Waals surface area (Å²) in [6, 6.07) is 2.40. The summed E-state index contributed by atoms with van der Waals surface area (Å²) in [6.45, 7) is 1.98. The van der Waals surface area contributed by atoms with E-state index in [1.807, 2.05) is 0 Å². The third-order valence-corrected chi connectivity index (χ3v) is 13.9. The lowest BCUT2D eigenvalue weighted by Gasteiger charge is -2.34. The van der Waals surface area contributed by atoms with Crippen molar-refractivity contribution in [2.75, 3.05) is 34.4 Å². The fraction of sp³-hybridized carbons (Fsp3) is 0.944. The summed E-state index contributed by atoms with van der Waals surface area (Å²) in [5.41, 5.74) is 1.53. The number of guanidine groups is 1. The molecule has 8 heteroatoms. The van der Waals surface area contributed by atoms with E-state index in [4.69, 9.17) is 23.3 Å². The van der Waals surface area contributed by atoms with Crippen molar-refractivity contribution in [3.05, 3.63) is 0 Å². The summed E-state index contributed by atoms with van der Waals surface area (Å²) < 4.78 is 17.4. The van der Waals surface area contributed by atoms with Gasteiger partial charge in [-0.2, -0.15) is 0 Å². The third kappa shape index (κ3) is 12.3. The fourth-order valence-corrected chi connectivity index (χ4v) is 9.98. The molecule has 0 aromatic heterocycles. The average molecular weight is 633 g/mol. The largest absolute Gasteiger partial charge is 0.500 e. The molecule has 4 aliphatic carbocycles. The van der Waals surface area contributed by atoms with Crippen LogP contribution in [0.15, 0.2) is 9.98 Å². The summed E-state index contributed by atoms with van der Waals surface area (Å²) in [5.74, 6) is 2.02. The summed E-state index contributed by atoms with van der Waals surface area (Å²) in [7, 11) is 2.59. The number of hydrogen-bond acceptors (Lipinski definition) is 5. The van der Waals surface area contributed by atoms with Crippen LogP contribution in [0.5, 0.6) is 0 Å². The molecule has 1 N–H and O–H groups in total. The van der Waals surface area contributed by atoms with E-state index in [0.717, 1.165) is 44.3 Å². The molecule has 0 aromatic rings. The van der Waals surface area contributed by atoms with Crippen LogP contribution in [0.1, 0.15) is 154 Å². The van der Waals surface area contributed by atoms with E-state index in [2.05, 4.69) is 10.2 Å². The van der Waals surface area contributed by atoms with E-state index in [9.17, 15) is 0 Å². The van der Waals surface area contributed by atoms with Crippen LogP contribution in [0.2, 0.25) is 6.04 Å². The summed E-state index contributed by atoms with van der Waals surface area (Å²) >= 11 is 0. The van der Waals surface area contributed by atoms with Crippen molar-refractivity contribution in [3.8, 4) is 0 Å². The second-order valence-electron chi connectivity index (χ2n) is 14.4. The maximum Gasteiger partial charge on any atom is 0.500 e. The van der Waals surface area contributed by atoms with E-state index < -0.39 is 8.80 Å². The van der Waals surface area contributed by atoms with Crippen LogP contribution >= 0.6 is 0 Å². The molecule has 0 spiro atoms. The molecule has 0 amide bonds. The standard InChI is InChI=1S/C36H68N4O3Si/c1-41-44(42-2,43-3)29-17-28-40(36(38-33-22-12-6-13-23-33)39-34-24-14-7-15-25-34)27-16-26-35(30-31-18-8-4-9-19-31)37-32-20-10-5-11-21-32/h31-34H,4-30H2,1-3H3,(H,38,39). The van der Waals surface area contributed by atoms with Gasteiger partial charge in [-0.05, 0) is 70.1 Å². The number of nitrogens with one attached hydrogen (secondary N) is 1. The zero-order valence-corrected chi connectivity index (χ0v) is 30.0. The Morgan fingerprint density at radius 1 is 0.636 bits per heavy atom. The first-order valence-corrected chi connectivity index (χ1v) is 20.9. The predicted molar refractivity (Wildman–Crippen MR) is 187 cm³/mol. The first-order chi connectivity index (χ1) is 21.6. The zero-order chi connectivity index (χ0) is 30.9. The Kier molecular flexibility index (Phi) is 16.6. The monoisotopic (exact) mass is 633 g/mol. The first kappa shape index (κ1) is 35.9. The SMILES string of the molecule is CO[Si](CCCN(CCCC(CC1CCCCC1)=NC1CCCCC1)C(=NC1CCCCC1)NC1CCCCC1)(OC)OC. The molecule has 0 heterocycles. The lowest BCUT2D eigenvalue weighted by Crippen LogP contribution is -2.49. The zero-order valence-electron chi connectivity index (χ0n) is 29.0. The molecular formula is C36H68N4O3Si. The minimum Gasteiger partial charge on any atom is -0.377 e. The van der Waals surface area contributed by atoms with Crippen molar-refractivity contribution < 1.29 is 13.3 Å². The number of aliphatic imine (C=N–C) groups is 2. The Balaban J connectivity index is 1.48. The molecule has 0 aliphatic heterocycles. The van der Waals surface area contributed by atoms with Crippen LogP contribution in [0.3, 0.4) is 0 Å². The van der Waals surface area contributed by atoms with E-state index in [1.165, 1.54) is 147 Å². The van der Waals surface area contributed by atoms with Crippen molar-refractivity contribution in [2.24, 2.45) is 15.9 Å². The van der Waals surface area contributed by atoms with Gasteiger partial charge in [0.15, 0.2) is 5.96 Å². The van der Waals surface area contributed by atoms with Crippen molar-refractivity contribution >= 4 is 20.5 Å². The maximum absolute atomic E-state index is 5.79. The highest BCUT2D eigenvalue weighted by molar-refractivity contribution is 6.60. The van der Waals surface area contributed by atoms with Gasteiger partial charge in [-0.1, -0.05) is 89.9 Å². The molecule has 0 atom stereocenters. The molecule has 0 saturated heterocycles. The quantitative estimate of drug-likeness (QED) is 0.105. The second kappa shape index (κ2) is 20.3. The smallest absolute Gasteiger partial charge is 0.377 e. The molecule has 4 saturated carbocycles. The lowest BCUT2D eigenvalue weighted by molar-refractivity contribution is 0.122. The summed E-state index contributed by atoms with van der Waals surface area (Å²) in [4.78, 5) is 13.6. The van der Waals surface area contributed by atoms with Crippen LogP contribution in [-0.4, -0.2) is 77.9 Å². The van der Waals surface area contributed by atoms with E-state index in [0.29, 0.717) is 18.1 Å². The summed E-state index contributed by atoms with van der Waals surface area (Å²) in [5, 5.41) is 4.03. The fourth-order valence-electron chi connectivity index (χ4n) is 8.28. The molecule has 0 aromatic carbocycles. The molecule has 0 radical (unpaired) electrons. The Hall–Kier alpha value is -0.963. The molecule has 4 aliphatic rings. The molecule has 7 nitrogen and oxygen atoms in total. The topological polar surface area (TPSA) is 67.7 Å². The molecule has 254 valence electrons. The molecular weight excluding hydrogens is 565 g/mol. The van der Waals surface area contributed by atoms with Gasteiger partial charge < -0.3 is 23.5 Å². The maximum atomic E-state index is 5.79. The molecule has 0 unspecified atom stereocenters. The van der Waals surface area contributed by atoms with E-state index in [-0.39, 0.29) is 0 Å². The normalized spacial score (nSPS) is 22.8. The lowest BCUT2D eigenvalue weighted by atomic mass is 9.84. The van der Waals surface area contributed by atoms with Crippen molar-refractivity contribution in [1.29, 1.82) is 0 Å². The number of nitrogens with zero attached hydrogens (tertiary/aromatic N) is 3. The van der Waals surface area contributed by atoms with Gasteiger partial charge in [0.05, 0.1) is 6.04 Å². The van der Waals surface area contributed by atoms with Gasteiger partial charge in [0.2, 0.25) is 0 Å². The molecule has 4 rings (SSSR count). The van der Waals surface area contributed by atoms with Crippen LogP contribution < -0.4 is 5.32 Å². The predicted octanol–water partition coefficient (Wildman–Crippen LogP) is 8.69. The second-order valence-corrected chi connectivity index (χ2v) is 17.5. The molecule has 4 fully saturated rings. The molecule has 0 bridgehead atoms. The Labute approximate surface area is 272 Å². The number of hydrogen-bond donors (Lipinski definition) is 1. The highest BCUT2D eigenvalue weighted by atomic mass is 28.4. The minimum atomic E-state index is -2.61. The average Bonchev–Trinajstić information content (AvgIpc) is 3.08. The van der Waals surface area contributed by atoms with Gasteiger partial charge in [-0.3, -0.25) is 4.99 Å². The van der Waals surface area contributed by atoms with Gasteiger partial charge in [0, 0.05) is 58.3 Å². The summed E-state index contributed by atoms with van der Waals surface area (Å²) in [6.07, 6.45) is 31.3. The van der Waals surface area contributed by atoms with Gasteiger partial charge in [-0.15, -0.1) is 0 Å².